The van der Waals surface area contributed by atoms with Gasteiger partial charge in [-0.2, -0.15) is 0 Å². The summed E-state index contributed by atoms with van der Waals surface area (Å²) in [6, 6.07) is -0.882. The highest BCUT2D eigenvalue weighted by Crippen LogP contribution is 2.38. The van der Waals surface area contributed by atoms with Gasteiger partial charge in [0.05, 0.1) is 33.8 Å². The van der Waals surface area contributed by atoms with Gasteiger partial charge in [0.2, 0.25) is 5.91 Å². The predicted octanol–water partition coefficient (Wildman–Crippen LogP) is 20.7. The number of carbonyl (C=O) groups is 2. The molecule has 0 rings (SSSR count). The Hall–Kier alpha value is -1.51. The number of esters is 1. The van der Waals surface area contributed by atoms with Crippen molar-refractivity contribution in [3.8, 4) is 0 Å². The average molecular weight is 1120 g/mol. The molecule has 10 heteroatoms. The molecule has 3 atom stereocenters. The minimum atomic E-state index is -4.69. The second-order valence-electron chi connectivity index (χ2n) is 24.7. The van der Waals surface area contributed by atoms with Crippen LogP contribution < -0.4 is 10.2 Å². The molecule has 0 radical (unpaired) electrons. The number of ether oxygens (including phenoxy) is 1. The van der Waals surface area contributed by atoms with Gasteiger partial charge in [-0.15, -0.1) is 0 Å². The zero-order chi connectivity index (χ0) is 57.2. The lowest BCUT2D eigenvalue weighted by Crippen LogP contribution is -2.47. The number of likely N-dealkylation sites (N-methyl/N-ethyl adjacent to an activating group) is 1. The topological polar surface area (TPSA) is 114 Å². The first-order chi connectivity index (χ1) is 37.9. The van der Waals surface area contributed by atoms with Gasteiger partial charge in [-0.3, -0.25) is 14.2 Å². The molecule has 0 aliphatic heterocycles. The Morgan fingerprint density at radius 2 is 0.744 bits per heavy atom. The van der Waals surface area contributed by atoms with Gasteiger partial charge < -0.3 is 28.5 Å². The van der Waals surface area contributed by atoms with Crippen LogP contribution in [0.2, 0.25) is 0 Å². The highest BCUT2D eigenvalue weighted by Gasteiger charge is 2.27. The maximum atomic E-state index is 13.6. The highest BCUT2D eigenvalue weighted by molar-refractivity contribution is 7.45. The molecule has 0 fully saturated rings. The molecule has 0 aliphatic carbocycles. The molecule has 3 unspecified atom stereocenters. The molecule has 1 N–H and O–H groups in total. The standard InChI is InChI=1S/C68H133N2O7P/c1-7-10-13-16-19-22-25-28-30-32-33-34-35-36-37-39-41-43-46-49-52-55-58-61-68(72)77-66(59-56-53-50-47-44-27-24-21-18-15-12-9-3)65(64-76-78(73,74)75-63-62-70(4,5)6)69-67(71)60-57-54-51-48-45-42-40-38-31-29-26-23-20-17-14-11-8-2/h28,30,56,59,65-66H,7-27,29,31-55,57-58,60-64H2,1-6H3,(H-,69,71,73,74)/b30-28+,59-56+. The van der Waals surface area contributed by atoms with E-state index < -0.39 is 20.0 Å². The van der Waals surface area contributed by atoms with Crippen molar-refractivity contribution < 1.29 is 37.3 Å². The molecule has 0 aromatic carbocycles. The molecule has 9 nitrogen and oxygen atoms in total. The highest BCUT2D eigenvalue weighted by atomic mass is 31.2. The van der Waals surface area contributed by atoms with Gasteiger partial charge in [-0.1, -0.05) is 302 Å². The van der Waals surface area contributed by atoms with Crippen molar-refractivity contribution in [1.29, 1.82) is 0 Å². The van der Waals surface area contributed by atoms with Crippen LogP contribution in [0, 0.1) is 0 Å². The van der Waals surface area contributed by atoms with E-state index >= 15 is 0 Å². The van der Waals surface area contributed by atoms with Crippen molar-refractivity contribution in [2.24, 2.45) is 0 Å². The number of unbranched alkanes of at least 4 members (excludes halogenated alkanes) is 45. The van der Waals surface area contributed by atoms with E-state index in [4.69, 9.17) is 13.8 Å². The third-order valence-electron chi connectivity index (χ3n) is 15.6. The number of nitrogens with one attached hydrogen (secondary N) is 1. The van der Waals surface area contributed by atoms with Crippen LogP contribution in [0.1, 0.15) is 348 Å². The van der Waals surface area contributed by atoms with Crippen LogP contribution in [0.4, 0.5) is 0 Å². The molecule has 0 aromatic heterocycles. The van der Waals surface area contributed by atoms with Crippen molar-refractivity contribution in [3.05, 3.63) is 24.3 Å². The Balaban J connectivity index is 5.08. The van der Waals surface area contributed by atoms with Crippen LogP contribution in [0.5, 0.6) is 0 Å². The zero-order valence-electron chi connectivity index (χ0n) is 52.9. The zero-order valence-corrected chi connectivity index (χ0v) is 53.8. The number of quaternary nitrogens is 1. The minimum absolute atomic E-state index is 0.0181. The number of hydrogen-bond donors (Lipinski definition) is 1. The van der Waals surface area contributed by atoms with E-state index in [1.807, 2.05) is 33.3 Å². The third kappa shape index (κ3) is 59.1. The second kappa shape index (κ2) is 58.7. The Kier molecular flexibility index (Phi) is 57.5. The lowest BCUT2D eigenvalue weighted by atomic mass is 10.0. The third-order valence-corrected chi connectivity index (χ3v) is 16.6. The second-order valence-corrected chi connectivity index (χ2v) is 26.1. The van der Waals surface area contributed by atoms with Gasteiger partial charge >= 0.3 is 5.97 Å². The lowest BCUT2D eigenvalue weighted by Gasteiger charge is -2.30. The SMILES string of the molecule is CCCCCCCC/C=C/CCCCCCCCCCCCCCCC(=O)OC(/C=C/CCCCCCCCCCCC)C(COP(=O)([O-])OCC[N+](C)(C)C)NC(=O)CCCCCCCCCCCCCCCCCCC. The smallest absolute Gasteiger partial charge is 0.306 e. The van der Waals surface area contributed by atoms with Gasteiger partial charge in [0.1, 0.15) is 19.3 Å². The number of carbonyl (C=O) groups excluding carboxylic acids is 2. The Morgan fingerprint density at radius 1 is 0.436 bits per heavy atom. The number of hydrogen-bond acceptors (Lipinski definition) is 7. The van der Waals surface area contributed by atoms with E-state index in [0.717, 1.165) is 57.8 Å². The van der Waals surface area contributed by atoms with Crippen molar-refractivity contribution in [2.75, 3.05) is 40.9 Å². The maximum Gasteiger partial charge on any atom is 0.306 e. The van der Waals surface area contributed by atoms with Crippen LogP contribution in [-0.4, -0.2) is 69.4 Å². The fourth-order valence-electron chi connectivity index (χ4n) is 10.3. The molecule has 462 valence electrons. The van der Waals surface area contributed by atoms with Gasteiger partial charge in [0.25, 0.3) is 7.82 Å². The summed E-state index contributed by atoms with van der Waals surface area (Å²) >= 11 is 0. The summed E-state index contributed by atoms with van der Waals surface area (Å²) in [7, 11) is 1.21. The summed E-state index contributed by atoms with van der Waals surface area (Å²) in [5.41, 5.74) is 0. The Bertz CT molecular complexity index is 1380. The van der Waals surface area contributed by atoms with Crippen molar-refractivity contribution >= 4 is 19.7 Å². The molecule has 78 heavy (non-hydrogen) atoms. The normalized spacial score (nSPS) is 13.7. The first-order valence-corrected chi connectivity index (χ1v) is 35.6. The monoisotopic (exact) mass is 1120 g/mol. The van der Waals surface area contributed by atoms with E-state index in [9.17, 15) is 19.0 Å². The fourth-order valence-corrected chi connectivity index (χ4v) is 11.1. The van der Waals surface area contributed by atoms with Gasteiger partial charge in [0, 0.05) is 12.8 Å². The van der Waals surface area contributed by atoms with E-state index in [1.54, 1.807) is 0 Å². The number of amides is 1. The van der Waals surface area contributed by atoms with Crippen molar-refractivity contribution in [1.82, 2.24) is 5.32 Å². The summed E-state index contributed by atoms with van der Waals surface area (Å²) in [4.78, 5) is 40.1. The first-order valence-electron chi connectivity index (χ1n) is 34.1. The largest absolute Gasteiger partial charge is 0.756 e. The Labute approximate surface area is 485 Å². The van der Waals surface area contributed by atoms with E-state index in [1.165, 1.54) is 257 Å². The van der Waals surface area contributed by atoms with Crippen LogP contribution in [0.15, 0.2) is 24.3 Å². The van der Waals surface area contributed by atoms with E-state index in [0.29, 0.717) is 17.4 Å². The fraction of sp³-hybridized carbons (Fsp3) is 0.912. The molecular weight excluding hydrogens is 988 g/mol. The average Bonchev–Trinajstić information content (AvgIpc) is 3.40. The predicted molar refractivity (Wildman–Crippen MR) is 335 cm³/mol. The number of nitrogens with zero attached hydrogens (tertiary/aromatic N) is 1. The van der Waals surface area contributed by atoms with E-state index in [-0.39, 0.29) is 31.5 Å². The maximum absolute atomic E-state index is 13.6. The van der Waals surface area contributed by atoms with Gasteiger partial charge in [0.15, 0.2) is 0 Å². The van der Waals surface area contributed by atoms with E-state index in [2.05, 4.69) is 38.2 Å². The summed E-state index contributed by atoms with van der Waals surface area (Å²) < 4.78 is 30.4. The van der Waals surface area contributed by atoms with Crippen LogP contribution in [0.25, 0.3) is 0 Å². The summed E-state index contributed by atoms with van der Waals surface area (Å²) in [6.07, 6.45) is 70.1. The molecule has 0 aliphatic rings. The number of phosphoric ester groups is 1. The molecule has 0 spiro atoms. The molecule has 1 amide bonds. The van der Waals surface area contributed by atoms with Crippen molar-refractivity contribution in [3.63, 3.8) is 0 Å². The van der Waals surface area contributed by atoms with Gasteiger partial charge in [-0.25, -0.2) is 0 Å². The number of phosphoric acid groups is 1. The van der Waals surface area contributed by atoms with Crippen molar-refractivity contribution in [2.45, 2.75) is 360 Å². The quantitative estimate of drug-likeness (QED) is 0.0212. The lowest BCUT2D eigenvalue weighted by molar-refractivity contribution is -0.870. The molecule has 0 saturated heterocycles. The van der Waals surface area contributed by atoms with Crippen LogP contribution in [-0.2, 0) is 27.9 Å². The molecule has 0 saturated carbocycles. The number of allylic oxidation sites excluding steroid dienone is 3. The summed E-state index contributed by atoms with van der Waals surface area (Å²) in [5.74, 6) is -0.520. The number of rotatable bonds is 63. The summed E-state index contributed by atoms with van der Waals surface area (Å²) in [5, 5.41) is 3.04. The molecule has 0 heterocycles. The van der Waals surface area contributed by atoms with Crippen LogP contribution in [0.3, 0.4) is 0 Å². The minimum Gasteiger partial charge on any atom is -0.756 e. The Morgan fingerprint density at radius 3 is 1.09 bits per heavy atom. The molecule has 0 bridgehead atoms. The summed E-state index contributed by atoms with van der Waals surface area (Å²) in [6.45, 7) is 6.90. The molecule has 0 aromatic rings. The first kappa shape index (κ1) is 76.5. The van der Waals surface area contributed by atoms with Gasteiger partial charge in [-0.05, 0) is 57.4 Å². The molecular formula is C68H133N2O7P. The van der Waals surface area contributed by atoms with Crippen LogP contribution >= 0.6 is 7.82 Å².